The van der Waals surface area contributed by atoms with Crippen molar-refractivity contribution in [1.82, 2.24) is 19.4 Å². The molecule has 2 atom stereocenters. The van der Waals surface area contributed by atoms with E-state index in [1.807, 2.05) is 39.8 Å². The third-order valence-corrected chi connectivity index (χ3v) is 17.5. The standard InChI is InChI=1S/C27H19FN4O6S.C19H13BrFN3O5S.C14H18BNO3.2H3P/c1-36-24-7-3-16(11-18(24)15-29)20-13-25(37-2)23(14-21(20)28)32-22-6-5-19(12-17(22)4-8-27(32)33)39(34,35)31-26-9-10-38-30-26;1-28-17-9-13(20)14(21)10-16(17)24-15-4-3-12(8-11(15)2-5-19(24)25)30(26,27)23-18-6-7-29-22-18;1-13(2)14(3,4)19-15(18-13)11-6-7-12(17-5)10(8-11)9-16;;/h3-14H,1-2H3,(H,30,31);2-10H,1H3,(H,22,23);6-8H,1-5H3;2*1H3. The van der Waals surface area contributed by atoms with Crippen LogP contribution in [0.1, 0.15) is 38.8 Å². The highest BCUT2D eigenvalue weighted by atomic mass is 79.9. The molecule has 1 fully saturated rings. The summed E-state index contributed by atoms with van der Waals surface area (Å²) in [5.41, 5.74) is 1.41. The average molecular weight is 1370 g/mol. The van der Waals surface area contributed by atoms with Gasteiger partial charge in [-0.1, -0.05) is 22.4 Å². The minimum atomic E-state index is -4.01. The first-order valence-electron chi connectivity index (χ1n) is 26.0. The number of halogens is 3. The number of fused-ring (bicyclic) bond motifs is 2. The summed E-state index contributed by atoms with van der Waals surface area (Å²) >= 11 is 3.09. The van der Waals surface area contributed by atoms with Gasteiger partial charge in [0.25, 0.3) is 31.2 Å². The van der Waals surface area contributed by atoms with Crippen LogP contribution in [0, 0.1) is 34.3 Å². The summed E-state index contributed by atoms with van der Waals surface area (Å²) < 4.78 is 130. The molecule has 2 unspecified atom stereocenters. The molecule has 0 spiro atoms. The van der Waals surface area contributed by atoms with Crippen molar-refractivity contribution in [2.24, 2.45) is 0 Å². The van der Waals surface area contributed by atoms with Crippen LogP contribution in [0.5, 0.6) is 23.0 Å². The lowest BCUT2D eigenvalue weighted by Gasteiger charge is -2.32. The van der Waals surface area contributed by atoms with E-state index >= 15 is 4.39 Å². The Labute approximate surface area is 529 Å². The van der Waals surface area contributed by atoms with Crippen LogP contribution in [-0.4, -0.2) is 83.0 Å². The van der Waals surface area contributed by atoms with E-state index in [-0.39, 0.29) is 90.9 Å². The number of nitrogens with zero attached hydrogens (tertiary/aromatic N) is 6. The number of benzene rings is 6. The quantitative estimate of drug-likeness (QED) is 0.0755. The first-order chi connectivity index (χ1) is 41.9. The Morgan fingerprint density at radius 2 is 1.00 bits per heavy atom. The zero-order valence-electron chi connectivity index (χ0n) is 49.2. The second kappa shape index (κ2) is 27.8. The molecule has 0 radical (unpaired) electrons. The van der Waals surface area contributed by atoms with E-state index in [1.54, 1.807) is 31.4 Å². The molecule has 90 heavy (non-hydrogen) atoms. The largest absolute Gasteiger partial charge is 0.495 e. The van der Waals surface area contributed by atoms with Gasteiger partial charge in [-0.25, -0.2) is 25.6 Å². The molecule has 30 heteroatoms. The number of nitriles is 2. The van der Waals surface area contributed by atoms with E-state index in [1.165, 1.54) is 140 Å². The number of rotatable bonds is 14. The van der Waals surface area contributed by atoms with Crippen LogP contribution in [0.15, 0.2) is 179 Å². The van der Waals surface area contributed by atoms with Gasteiger partial charge in [0.15, 0.2) is 11.6 Å². The minimum Gasteiger partial charge on any atom is -0.495 e. The van der Waals surface area contributed by atoms with Crippen molar-refractivity contribution in [2.45, 2.75) is 48.7 Å². The highest BCUT2D eigenvalue weighted by Crippen LogP contribution is 2.38. The number of pyridine rings is 2. The molecule has 4 aromatic heterocycles. The fraction of sp³-hybridized carbons (Fsp3) is 0.167. The molecule has 5 heterocycles. The van der Waals surface area contributed by atoms with Gasteiger partial charge in [0.2, 0.25) is 0 Å². The molecular weight excluding hydrogens is 1310 g/mol. The Morgan fingerprint density at radius 1 is 0.556 bits per heavy atom. The Hall–Kier alpha value is -8.98. The van der Waals surface area contributed by atoms with Crippen LogP contribution in [0.25, 0.3) is 44.3 Å². The van der Waals surface area contributed by atoms with Crippen molar-refractivity contribution >= 4 is 102 Å². The SMILES string of the molecule is COc1cc(Br)c(F)cc1-n1c(=O)ccc2cc(S(=O)(=O)Nc3ccon3)ccc21.COc1ccc(-c2cc(OC)c(-n3c(=O)ccc4cc(S(=O)(=O)Nc5ccon5)ccc43)cc2F)cc1C#N.COc1ccc(B2OC(C)(C)C(C)(C)O2)cc1C#N.P.P. The molecule has 0 aliphatic carbocycles. The van der Waals surface area contributed by atoms with E-state index in [0.717, 1.165) is 11.5 Å². The molecule has 22 nitrogen and oxygen atoms in total. The van der Waals surface area contributed by atoms with E-state index in [2.05, 4.69) is 50.8 Å². The predicted molar refractivity (Wildman–Crippen MR) is 347 cm³/mol. The topological polar surface area (TPSA) is 291 Å². The Bertz CT molecular complexity index is 4760. The van der Waals surface area contributed by atoms with Crippen molar-refractivity contribution in [2.75, 3.05) is 37.9 Å². The minimum absolute atomic E-state index is 0. The normalized spacial score (nSPS) is 13.0. The van der Waals surface area contributed by atoms with E-state index < -0.39 is 49.9 Å². The monoisotopic (exact) mass is 1370 g/mol. The number of sulfonamides is 2. The fourth-order valence-corrected chi connectivity index (χ4v) is 11.4. The van der Waals surface area contributed by atoms with Crippen LogP contribution >= 0.6 is 35.7 Å². The maximum Gasteiger partial charge on any atom is 0.494 e. The second-order valence-corrected chi connectivity index (χ2v) is 24.3. The molecule has 2 N–H and O–H groups in total. The molecule has 1 aliphatic heterocycles. The molecule has 0 amide bonds. The summed E-state index contributed by atoms with van der Waals surface area (Å²) in [5, 5.41) is 26.4. The lowest BCUT2D eigenvalue weighted by molar-refractivity contribution is 0.00578. The second-order valence-electron chi connectivity index (χ2n) is 20.1. The van der Waals surface area contributed by atoms with E-state index in [0.29, 0.717) is 44.4 Å². The summed E-state index contributed by atoms with van der Waals surface area (Å²) in [6.45, 7) is 8.01. The van der Waals surface area contributed by atoms with Crippen LogP contribution in [0.4, 0.5) is 20.4 Å². The number of hydrogen-bond donors (Lipinski definition) is 2. The van der Waals surface area contributed by atoms with Gasteiger partial charge < -0.3 is 37.3 Å². The third-order valence-electron chi connectivity index (χ3n) is 14.2. The van der Waals surface area contributed by atoms with Crippen molar-refractivity contribution in [3.8, 4) is 57.6 Å². The van der Waals surface area contributed by atoms with Crippen LogP contribution < -0.4 is 45.0 Å². The van der Waals surface area contributed by atoms with Crippen LogP contribution in [0.3, 0.4) is 0 Å². The van der Waals surface area contributed by atoms with E-state index in [9.17, 15) is 36.1 Å². The Kier molecular flexibility index (Phi) is 21.2. The number of hydrogen-bond acceptors (Lipinski definition) is 18. The number of aromatic nitrogens is 4. The van der Waals surface area contributed by atoms with Gasteiger partial charge in [-0.2, -0.15) is 30.3 Å². The Morgan fingerprint density at radius 3 is 1.44 bits per heavy atom. The first kappa shape index (κ1) is 68.5. The highest BCUT2D eigenvalue weighted by Gasteiger charge is 2.51. The number of ether oxygens (including phenoxy) is 4. The zero-order chi connectivity index (χ0) is 63.5. The summed E-state index contributed by atoms with van der Waals surface area (Å²) in [6, 6.07) is 35.9. The molecule has 466 valence electrons. The molecule has 1 aliphatic rings. The van der Waals surface area contributed by atoms with Crippen molar-refractivity contribution < 1.29 is 62.9 Å². The van der Waals surface area contributed by atoms with Gasteiger partial charge in [0, 0.05) is 52.7 Å². The van der Waals surface area contributed by atoms with Gasteiger partial charge in [0.1, 0.15) is 59.3 Å². The van der Waals surface area contributed by atoms with Crippen molar-refractivity contribution in [1.29, 1.82) is 10.5 Å². The van der Waals surface area contributed by atoms with Gasteiger partial charge in [-0.3, -0.25) is 28.2 Å². The molecule has 0 saturated carbocycles. The van der Waals surface area contributed by atoms with Crippen LogP contribution in [0.2, 0.25) is 0 Å². The highest BCUT2D eigenvalue weighted by molar-refractivity contribution is 9.10. The van der Waals surface area contributed by atoms with Gasteiger partial charge >= 0.3 is 7.12 Å². The molecule has 11 rings (SSSR count). The van der Waals surface area contributed by atoms with Gasteiger partial charge in [0.05, 0.1) is 87.4 Å². The predicted octanol–water partition coefficient (Wildman–Crippen LogP) is 10.1. The zero-order valence-corrected chi connectivity index (χ0v) is 55.2. The number of nitrogens with one attached hydrogen (secondary N) is 2. The molecule has 1 saturated heterocycles. The van der Waals surface area contributed by atoms with Crippen molar-refractivity contribution in [3.63, 3.8) is 0 Å². The lowest BCUT2D eigenvalue weighted by Crippen LogP contribution is -2.41. The summed E-state index contributed by atoms with van der Waals surface area (Å²) in [7, 11) is -2.64. The lowest BCUT2D eigenvalue weighted by atomic mass is 9.78. The molecule has 6 aromatic carbocycles. The third kappa shape index (κ3) is 14.2. The van der Waals surface area contributed by atoms with Crippen molar-refractivity contribution in [3.05, 3.63) is 194 Å². The summed E-state index contributed by atoms with van der Waals surface area (Å²) in [6.07, 6.45) is 2.47. The maximum absolute atomic E-state index is 15.5. The first-order valence-corrected chi connectivity index (χ1v) is 29.7. The van der Waals surface area contributed by atoms with Gasteiger partial charge in [-0.05, 0) is 140 Å². The fourth-order valence-electron chi connectivity index (χ4n) is 9.06. The average Bonchev–Trinajstić information content (AvgIpc) is 1.19. The Balaban J connectivity index is 0.000000201. The van der Waals surface area contributed by atoms with Crippen LogP contribution in [-0.2, 0) is 29.4 Å². The summed E-state index contributed by atoms with van der Waals surface area (Å²) in [4.78, 5) is 25.5. The molecule has 0 bridgehead atoms. The number of methoxy groups -OCH3 is 4. The van der Waals surface area contributed by atoms with E-state index in [4.69, 9.17) is 33.5 Å². The summed E-state index contributed by atoms with van der Waals surface area (Å²) in [5.74, 6) is 0.162. The number of anilines is 2. The molecule has 10 aromatic rings. The maximum atomic E-state index is 15.5. The van der Waals surface area contributed by atoms with Gasteiger partial charge in [-0.15, -0.1) is 0 Å². The molecular formula is C60H56BBrF2N8O14P2S2. The smallest absolute Gasteiger partial charge is 0.494 e.